The summed E-state index contributed by atoms with van der Waals surface area (Å²) < 4.78 is 0. The summed E-state index contributed by atoms with van der Waals surface area (Å²) in [7, 11) is 0. The van der Waals surface area contributed by atoms with E-state index in [-0.39, 0.29) is 31.1 Å². The average molecular weight is 591 g/mol. The predicted octanol–water partition coefficient (Wildman–Crippen LogP) is 4.73. The van der Waals surface area contributed by atoms with Gasteiger partial charge in [-0.3, -0.25) is 19.5 Å². The van der Waals surface area contributed by atoms with Gasteiger partial charge in [0.15, 0.2) is 0 Å². The fraction of sp³-hybridized carbons (Fsp3) is 0.250. The number of phenolic OH excluding ortho intramolecular Hbond substituents is 1. The van der Waals surface area contributed by atoms with E-state index in [2.05, 4.69) is 4.98 Å². The summed E-state index contributed by atoms with van der Waals surface area (Å²) in [5.74, 6) is -2.93. The topological polar surface area (TPSA) is 131 Å². The van der Waals surface area contributed by atoms with Crippen molar-refractivity contribution < 1.29 is 30.0 Å². The molecule has 1 aliphatic carbocycles. The highest BCUT2D eigenvalue weighted by Gasteiger charge is 2.55. The Morgan fingerprint density at radius 1 is 0.909 bits per heavy atom. The van der Waals surface area contributed by atoms with Gasteiger partial charge >= 0.3 is 0 Å². The number of para-hydroxylation sites is 1. The molecule has 44 heavy (non-hydrogen) atoms. The van der Waals surface area contributed by atoms with E-state index in [4.69, 9.17) is 0 Å². The molecular weight excluding hydrogens is 556 g/mol. The van der Waals surface area contributed by atoms with Gasteiger partial charge in [0.25, 0.3) is 0 Å². The molecule has 6 rings (SSSR count). The summed E-state index contributed by atoms with van der Waals surface area (Å²) in [6, 6.07) is 25.4. The summed E-state index contributed by atoms with van der Waals surface area (Å²) in [6.45, 7) is -0.831. The molecule has 2 aliphatic rings. The van der Waals surface area contributed by atoms with Crippen LogP contribution < -0.4 is 4.90 Å². The highest BCUT2D eigenvalue weighted by molar-refractivity contribution is 6.22. The van der Waals surface area contributed by atoms with E-state index in [1.807, 2.05) is 54.6 Å². The predicted molar refractivity (Wildman–Crippen MR) is 168 cm³/mol. The zero-order valence-electron chi connectivity index (χ0n) is 24.1. The number of carbonyl (C=O) groups excluding carboxylic acids is 2. The van der Waals surface area contributed by atoms with Crippen molar-refractivity contribution in [2.75, 3.05) is 18.1 Å². The first-order valence-corrected chi connectivity index (χ1v) is 14.8. The largest absolute Gasteiger partial charge is 0.507 e. The van der Waals surface area contributed by atoms with E-state index in [1.165, 1.54) is 4.90 Å². The smallest absolute Gasteiger partial charge is 0.238 e. The number of hydrogen-bond donors (Lipinski definition) is 4. The fourth-order valence-corrected chi connectivity index (χ4v) is 6.83. The number of aromatic nitrogens is 1. The van der Waals surface area contributed by atoms with Crippen LogP contribution in [-0.2, 0) is 9.59 Å². The van der Waals surface area contributed by atoms with Crippen LogP contribution in [0.4, 0.5) is 5.69 Å². The van der Waals surface area contributed by atoms with Crippen LogP contribution in [0.1, 0.15) is 30.5 Å². The number of anilines is 1. The number of phenols is 1. The first-order valence-electron chi connectivity index (χ1n) is 14.8. The van der Waals surface area contributed by atoms with E-state index in [9.17, 15) is 30.0 Å². The second-order valence-electron chi connectivity index (χ2n) is 11.3. The quantitative estimate of drug-likeness (QED) is 0.164. The first kappa shape index (κ1) is 29.4. The van der Waals surface area contributed by atoms with Crippen molar-refractivity contribution in [1.82, 2.24) is 4.98 Å². The number of imide groups is 1. The van der Waals surface area contributed by atoms with Crippen LogP contribution in [0, 0.1) is 17.8 Å². The number of aliphatic hydroxyl groups is 3. The maximum Gasteiger partial charge on any atom is 0.238 e. The van der Waals surface area contributed by atoms with Crippen LogP contribution in [0.2, 0.25) is 0 Å². The summed E-state index contributed by atoms with van der Waals surface area (Å²) in [6.07, 6.45) is 3.38. The summed E-state index contributed by atoms with van der Waals surface area (Å²) in [5, 5.41) is 44.5. The van der Waals surface area contributed by atoms with Crippen LogP contribution in [0.5, 0.6) is 5.75 Å². The van der Waals surface area contributed by atoms with Crippen molar-refractivity contribution in [2.45, 2.75) is 25.4 Å². The second-order valence-corrected chi connectivity index (χ2v) is 11.3. The van der Waals surface area contributed by atoms with Crippen molar-refractivity contribution in [3.63, 3.8) is 0 Å². The molecule has 1 aromatic heterocycles. The molecule has 0 unspecified atom stereocenters. The van der Waals surface area contributed by atoms with Gasteiger partial charge < -0.3 is 20.4 Å². The Labute approximate surface area is 255 Å². The number of allylic oxidation sites excluding steroid dienone is 1. The zero-order chi connectivity index (χ0) is 30.8. The van der Waals surface area contributed by atoms with E-state index >= 15 is 0 Å². The lowest BCUT2D eigenvalue weighted by Crippen LogP contribution is -2.39. The second kappa shape index (κ2) is 12.5. The Balaban J connectivity index is 1.31. The number of aromatic hydroxyl groups is 1. The molecule has 1 fully saturated rings. The van der Waals surface area contributed by atoms with Gasteiger partial charge in [-0.1, -0.05) is 54.6 Å². The lowest BCUT2D eigenvalue weighted by molar-refractivity contribution is -0.123. The van der Waals surface area contributed by atoms with E-state index in [0.29, 0.717) is 23.3 Å². The minimum atomic E-state index is -1.08. The molecule has 4 N–H and O–H groups in total. The monoisotopic (exact) mass is 590 g/mol. The Morgan fingerprint density at radius 3 is 2.34 bits per heavy atom. The molecule has 0 radical (unpaired) electrons. The van der Waals surface area contributed by atoms with Crippen molar-refractivity contribution in [1.29, 1.82) is 0 Å². The SMILES string of the molecule is O=C1[C@@H]2[C@@H](CC(CO)=C([C@H](O)CC/C(=C/c3ccc(O)c4ccccc34)c3ccccn3)[C@@H]2CO)C(=O)N1c1ccccc1. The molecule has 2 amide bonds. The lowest BCUT2D eigenvalue weighted by Gasteiger charge is -2.36. The molecule has 0 spiro atoms. The number of aliphatic hydroxyl groups excluding tert-OH is 3. The molecule has 4 aromatic rings. The minimum Gasteiger partial charge on any atom is -0.507 e. The molecule has 4 atom stereocenters. The highest BCUT2D eigenvalue weighted by atomic mass is 16.3. The normalized spacial score (nSPS) is 21.2. The molecule has 3 aromatic carbocycles. The Hall–Kier alpha value is -4.63. The Morgan fingerprint density at radius 2 is 1.64 bits per heavy atom. The molecule has 8 nitrogen and oxygen atoms in total. The third-order valence-electron chi connectivity index (χ3n) is 8.89. The summed E-state index contributed by atoms with van der Waals surface area (Å²) in [4.78, 5) is 32.8. The zero-order valence-corrected chi connectivity index (χ0v) is 24.1. The molecule has 0 bridgehead atoms. The van der Waals surface area contributed by atoms with Crippen LogP contribution in [-0.4, -0.2) is 56.5 Å². The van der Waals surface area contributed by atoms with Crippen molar-refractivity contribution in [3.05, 3.63) is 114 Å². The molecule has 8 heteroatoms. The van der Waals surface area contributed by atoms with Crippen LogP contribution in [0.3, 0.4) is 0 Å². The van der Waals surface area contributed by atoms with E-state index in [1.54, 1.807) is 42.6 Å². The van der Waals surface area contributed by atoms with Gasteiger partial charge in [0.2, 0.25) is 11.8 Å². The van der Waals surface area contributed by atoms with Crippen LogP contribution >= 0.6 is 0 Å². The molecule has 224 valence electrons. The summed E-state index contributed by atoms with van der Waals surface area (Å²) in [5.41, 5.74) is 3.85. The van der Waals surface area contributed by atoms with Gasteiger partial charge in [0, 0.05) is 17.5 Å². The molecular formula is C36H34N2O6. The number of hydrogen-bond acceptors (Lipinski definition) is 7. The van der Waals surface area contributed by atoms with E-state index in [0.717, 1.165) is 27.6 Å². The maximum atomic E-state index is 13.7. The fourth-order valence-electron chi connectivity index (χ4n) is 6.83. The number of fused-ring (bicyclic) bond motifs is 2. The van der Waals surface area contributed by atoms with Gasteiger partial charge in [-0.2, -0.15) is 0 Å². The first-order chi connectivity index (χ1) is 21.4. The molecule has 0 saturated carbocycles. The molecule has 2 heterocycles. The Kier molecular flexibility index (Phi) is 8.39. The van der Waals surface area contributed by atoms with Crippen LogP contribution in [0.15, 0.2) is 102 Å². The number of rotatable bonds is 9. The van der Waals surface area contributed by atoms with Gasteiger partial charge in [-0.05, 0) is 83.3 Å². The highest BCUT2D eigenvalue weighted by Crippen LogP contribution is 2.47. The number of benzene rings is 3. The van der Waals surface area contributed by atoms with Gasteiger partial charge in [-0.15, -0.1) is 0 Å². The Bertz CT molecular complexity index is 1750. The van der Waals surface area contributed by atoms with E-state index < -0.39 is 36.4 Å². The third-order valence-corrected chi connectivity index (χ3v) is 8.89. The van der Waals surface area contributed by atoms with Gasteiger partial charge in [0.05, 0.1) is 42.5 Å². The van der Waals surface area contributed by atoms with Crippen molar-refractivity contribution in [3.8, 4) is 5.75 Å². The number of carbonyl (C=O) groups is 2. The maximum absolute atomic E-state index is 13.7. The van der Waals surface area contributed by atoms with Crippen molar-refractivity contribution >= 4 is 39.9 Å². The molecule has 1 saturated heterocycles. The molecule has 1 aliphatic heterocycles. The van der Waals surface area contributed by atoms with Gasteiger partial charge in [0.1, 0.15) is 5.75 Å². The number of nitrogens with zero attached hydrogens (tertiary/aromatic N) is 2. The standard InChI is InChI=1S/C36H34N2O6/c39-20-24-19-28-34(36(44)38(35(28)43)25-8-2-1-3-9-25)29(21-40)33(24)32(42)16-14-23(30-12-6-7-17-37-30)18-22-13-15-31(41)27-11-5-4-10-26(22)27/h1-13,15,17-18,28-29,32,34,39-42H,14,16,19-21H2/b23-18-/t28-,29+,32-,34-/m1/s1. The van der Waals surface area contributed by atoms with Crippen LogP contribution in [0.25, 0.3) is 22.4 Å². The minimum absolute atomic E-state index is 0.139. The average Bonchev–Trinajstić information content (AvgIpc) is 3.32. The summed E-state index contributed by atoms with van der Waals surface area (Å²) >= 11 is 0. The lowest BCUT2D eigenvalue weighted by atomic mass is 9.68. The van der Waals surface area contributed by atoms with Gasteiger partial charge in [-0.25, -0.2) is 0 Å². The number of amides is 2. The van der Waals surface area contributed by atoms with Crippen molar-refractivity contribution in [2.24, 2.45) is 17.8 Å². The number of pyridine rings is 1. The third kappa shape index (κ3) is 5.32.